The molecule has 0 saturated heterocycles. The molecule has 13 heavy (non-hydrogen) atoms. The summed E-state index contributed by atoms with van der Waals surface area (Å²) in [6, 6.07) is 0. The van der Waals surface area contributed by atoms with Crippen LogP contribution >= 0.6 is 16.0 Å². The predicted molar refractivity (Wildman–Crippen MR) is 36.2 cm³/mol. The minimum absolute atomic E-state index is 0.338. The van der Waals surface area contributed by atoms with Crippen LogP contribution in [0.15, 0.2) is 0 Å². The van der Waals surface area contributed by atoms with Crippen LogP contribution in [0.5, 0.6) is 0 Å². The van der Waals surface area contributed by atoms with Gasteiger partial charge in [-0.1, -0.05) is 0 Å². The predicted octanol–water partition coefficient (Wildman–Crippen LogP) is 3.50. The van der Waals surface area contributed by atoms with E-state index in [1.165, 1.54) is 0 Å². The molecular weight excluding hydrogens is 238 g/mol. The van der Waals surface area contributed by atoms with Crippen molar-refractivity contribution >= 4 is 16.0 Å². The summed E-state index contributed by atoms with van der Waals surface area (Å²) in [5.41, 5.74) is 0. The quantitative estimate of drug-likeness (QED) is 0.407. The SMILES string of the molecule is O=P(F)(F)OCCCOP(=O)(F)F. The Morgan fingerprint density at radius 3 is 1.38 bits per heavy atom. The van der Waals surface area contributed by atoms with E-state index in [4.69, 9.17) is 0 Å². The highest BCUT2D eigenvalue weighted by molar-refractivity contribution is 7.47. The zero-order valence-corrected chi connectivity index (χ0v) is 7.95. The van der Waals surface area contributed by atoms with Crippen molar-refractivity contribution in [2.45, 2.75) is 6.42 Å². The normalized spacial score (nSPS) is 13.2. The first-order chi connectivity index (χ1) is 5.71. The molecule has 0 saturated carbocycles. The molecule has 0 radical (unpaired) electrons. The first-order valence-electron chi connectivity index (χ1n) is 2.98. The Morgan fingerprint density at radius 1 is 0.846 bits per heavy atom. The Bertz CT molecular complexity index is 210. The second-order valence-corrected chi connectivity index (χ2v) is 4.02. The lowest BCUT2D eigenvalue weighted by Crippen LogP contribution is -1.94. The first kappa shape index (κ1) is 13.1. The Balaban J connectivity index is 3.39. The van der Waals surface area contributed by atoms with Gasteiger partial charge in [0.25, 0.3) is 0 Å². The monoisotopic (exact) mass is 244 g/mol. The Hall–Kier alpha value is 0.1000. The van der Waals surface area contributed by atoms with Gasteiger partial charge in [-0.05, 0) is 6.42 Å². The first-order valence-corrected chi connectivity index (χ1v) is 5.80. The molecule has 0 spiro atoms. The zero-order valence-electron chi connectivity index (χ0n) is 6.16. The van der Waals surface area contributed by atoms with Gasteiger partial charge in [-0.3, -0.25) is 9.05 Å². The number of rotatable bonds is 6. The maximum Gasteiger partial charge on any atom is 0.551 e. The van der Waals surface area contributed by atoms with Crippen LogP contribution in [0.4, 0.5) is 16.8 Å². The van der Waals surface area contributed by atoms with Crippen molar-refractivity contribution < 1.29 is 35.0 Å². The fourth-order valence-corrected chi connectivity index (χ4v) is 1.08. The van der Waals surface area contributed by atoms with Crippen molar-refractivity contribution in [3.05, 3.63) is 0 Å². The van der Waals surface area contributed by atoms with Crippen LogP contribution in [0.2, 0.25) is 0 Å². The van der Waals surface area contributed by atoms with Crippen LogP contribution in [-0.2, 0) is 18.2 Å². The van der Waals surface area contributed by atoms with Crippen molar-refractivity contribution in [3.8, 4) is 0 Å². The summed E-state index contributed by atoms with van der Waals surface area (Å²) < 4.78 is 71.9. The third kappa shape index (κ3) is 12.1. The second-order valence-electron chi connectivity index (χ2n) is 1.85. The largest absolute Gasteiger partial charge is 0.551 e. The lowest BCUT2D eigenvalue weighted by Gasteiger charge is -2.01. The lowest BCUT2D eigenvalue weighted by atomic mass is 10.5. The molecule has 0 aromatic heterocycles. The standard InChI is InChI=1S/C3H6F4O4P2/c4-12(5,8)10-2-1-3-11-13(6,7)9/h1-3H2. The van der Waals surface area contributed by atoms with E-state index in [1.54, 1.807) is 0 Å². The molecule has 0 aromatic carbocycles. The summed E-state index contributed by atoms with van der Waals surface area (Å²) in [7, 11) is -11.1. The van der Waals surface area contributed by atoms with Crippen LogP contribution in [-0.4, -0.2) is 13.2 Å². The maximum atomic E-state index is 11.5. The average molecular weight is 244 g/mol. The van der Waals surface area contributed by atoms with Gasteiger partial charge in [-0.2, -0.15) is 0 Å². The molecule has 0 rings (SSSR count). The summed E-state index contributed by atoms with van der Waals surface area (Å²) >= 11 is 0. The highest BCUT2D eigenvalue weighted by Crippen LogP contribution is 2.51. The minimum Gasteiger partial charge on any atom is -0.280 e. The Kier molecular flexibility index (Phi) is 5.14. The molecule has 0 bridgehead atoms. The van der Waals surface area contributed by atoms with Gasteiger partial charge in [0.05, 0.1) is 13.2 Å². The summed E-state index contributed by atoms with van der Waals surface area (Å²) in [6.07, 6.45) is -0.338. The van der Waals surface area contributed by atoms with Gasteiger partial charge in [-0.25, -0.2) is 9.13 Å². The van der Waals surface area contributed by atoms with Crippen molar-refractivity contribution in [2.24, 2.45) is 0 Å². The number of hydrogen-bond donors (Lipinski definition) is 0. The summed E-state index contributed by atoms with van der Waals surface area (Å²) in [6.45, 7) is -1.38. The van der Waals surface area contributed by atoms with Gasteiger partial charge in [0, 0.05) is 0 Å². The third-order valence-electron chi connectivity index (χ3n) is 0.772. The fourth-order valence-electron chi connectivity index (χ4n) is 0.401. The molecule has 10 heteroatoms. The van der Waals surface area contributed by atoms with Crippen LogP contribution < -0.4 is 0 Å². The van der Waals surface area contributed by atoms with Crippen molar-refractivity contribution in [1.82, 2.24) is 0 Å². The van der Waals surface area contributed by atoms with Crippen LogP contribution in [0.3, 0.4) is 0 Å². The molecule has 0 aliphatic rings. The molecular formula is C3H6F4O4P2. The molecule has 0 aliphatic carbocycles. The van der Waals surface area contributed by atoms with Gasteiger partial charge in [-0.15, -0.1) is 16.8 Å². The molecule has 80 valence electrons. The highest BCUT2D eigenvalue weighted by atomic mass is 31.2. The summed E-state index contributed by atoms with van der Waals surface area (Å²) in [5, 5.41) is 0. The van der Waals surface area contributed by atoms with Gasteiger partial charge >= 0.3 is 16.0 Å². The average Bonchev–Trinajstić information content (AvgIpc) is 1.81. The minimum atomic E-state index is -5.56. The van der Waals surface area contributed by atoms with Crippen molar-refractivity contribution in [1.29, 1.82) is 0 Å². The molecule has 0 aromatic rings. The van der Waals surface area contributed by atoms with Gasteiger partial charge in [0.15, 0.2) is 0 Å². The third-order valence-corrected chi connectivity index (χ3v) is 1.74. The molecule has 0 heterocycles. The Morgan fingerprint density at radius 2 is 1.15 bits per heavy atom. The van der Waals surface area contributed by atoms with Crippen molar-refractivity contribution in [3.63, 3.8) is 0 Å². The number of hydrogen-bond acceptors (Lipinski definition) is 4. The molecule has 0 amide bonds. The topological polar surface area (TPSA) is 52.6 Å². The molecule has 0 N–H and O–H groups in total. The Labute approximate surface area is 71.6 Å². The lowest BCUT2D eigenvalue weighted by molar-refractivity contribution is 0.205. The number of halogens is 4. The van der Waals surface area contributed by atoms with Gasteiger partial charge < -0.3 is 0 Å². The molecule has 0 unspecified atom stereocenters. The van der Waals surface area contributed by atoms with Crippen LogP contribution in [0.25, 0.3) is 0 Å². The summed E-state index contributed by atoms with van der Waals surface area (Å²) in [5.74, 6) is 0. The molecule has 0 atom stereocenters. The van der Waals surface area contributed by atoms with Gasteiger partial charge in [0.2, 0.25) is 0 Å². The fraction of sp³-hybridized carbons (Fsp3) is 1.00. The van der Waals surface area contributed by atoms with E-state index in [0.717, 1.165) is 0 Å². The van der Waals surface area contributed by atoms with E-state index in [9.17, 15) is 25.9 Å². The maximum absolute atomic E-state index is 11.5. The van der Waals surface area contributed by atoms with E-state index in [2.05, 4.69) is 9.05 Å². The summed E-state index contributed by atoms with van der Waals surface area (Å²) in [4.78, 5) is 0. The van der Waals surface area contributed by atoms with E-state index in [1.807, 2.05) is 0 Å². The molecule has 0 fully saturated rings. The van der Waals surface area contributed by atoms with Crippen LogP contribution in [0.1, 0.15) is 6.42 Å². The van der Waals surface area contributed by atoms with E-state index in [0.29, 0.717) is 0 Å². The smallest absolute Gasteiger partial charge is 0.280 e. The second kappa shape index (κ2) is 5.10. The van der Waals surface area contributed by atoms with Gasteiger partial charge in [0.1, 0.15) is 0 Å². The molecule has 0 aliphatic heterocycles. The van der Waals surface area contributed by atoms with E-state index < -0.39 is 29.2 Å². The highest BCUT2D eigenvalue weighted by Gasteiger charge is 2.22. The van der Waals surface area contributed by atoms with Crippen LogP contribution in [0, 0.1) is 0 Å². The molecule has 4 nitrogen and oxygen atoms in total. The zero-order chi connectivity index (χ0) is 10.5. The van der Waals surface area contributed by atoms with E-state index >= 15 is 0 Å². The van der Waals surface area contributed by atoms with E-state index in [-0.39, 0.29) is 6.42 Å². The van der Waals surface area contributed by atoms with Crippen molar-refractivity contribution in [2.75, 3.05) is 13.2 Å².